The maximum absolute atomic E-state index is 11.6. The van der Waals surface area contributed by atoms with E-state index < -0.39 is 0 Å². The Morgan fingerprint density at radius 3 is 3.00 bits per heavy atom. The number of anilines is 1. The molecule has 6 heteroatoms. The fourth-order valence-electron chi connectivity index (χ4n) is 3.71. The zero-order chi connectivity index (χ0) is 15.3. The van der Waals surface area contributed by atoms with Crippen LogP contribution in [0, 0.1) is 12.8 Å². The molecule has 116 valence electrons. The van der Waals surface area contributed by atoms with Crippen molar-refractivity contribution in [1.29, 1.82) is 0 Å². The van der Waals surface area contributed by atoms with Gasteiger partial charge >= 0.3 is 0 Å². The van der Waals surface area contributed by atoms with Crippen LogP contribution >= 0.6 is 11.3 Å². The van der Waals surface area contributed by atoms with E-state index in [2.05, 4.69) is 9.88 Å². The lowest BCUT2D eigenvalue weighted by molar-refractivity contribution is -0.122. The number of nitrogens with two attached hydrogens (primary N) is 1. The SMILES string of the molecule is Cc1nc(N2CCCC(C(N)=O)C2)c2c3c(sc2n1)CCC3. The van der Waals surface area contributed by atoms with Crippen LogP contribution < -0.4 is 10.6 Å². The Labute approximate surface area is 133 Å². The van der Waals surface area contributed by atoms with Gasteiger partial charge in [-0.3, -0.25) is 4.79 Å². The average Bonchev–Trinajstić information content (AvgIpc) is 3.06. The smallest absolute Gasteiger partial charge is 0.222 e. The second kappa shape index (κ2) is 5.19. The third kappa shape index (κ3) is 2.17. The van der Waals surface area contributed by atoms with Gasteiger partial charge in [-0.25, -0.2) is 9.97 Å². The van der Waals surface area contributed by atoms with Crippen molar-refractivity contribution in [2.24, 2.45) is 11.7 Å². The molecule has 22 heavy (non-hydrogen) atoms. The molecule has 1 aliphatic carbocycles. The summed E-state index contributed by atoms with van der Waals surface area (Å²) in [5.41, 5.74) is 6.96. The van der Waals surface area contributed by atoms with Gasteiger partial charge in [-0.1, -0.05) is 0 Å². The van der Waals surface area contributed by atoms with E-state index in [4.69, 9.17) is 10.7 Å². The molecule has 2 N–H and O–H groups in total. The summed E-state index contributed by atoms with van der Waals surface area (Å²) in [7, 11) is 0. The van der Waals surface area contributed by atoms with E-state index in [0.717, 1.165) is 42.3 Å². The summed E-state index contributed by atoms with van der Waals surface area (Å²) in [4.78, 5) is 25.8. The number of hydrogen-bond donors (Lipinski definition) is 1. The predicted molar refractivity (Wildman–Crippen MR) is 88.3 cm³/mol. The van der Waals surface area contributed by atoms with Gasteiger partial charge in [0.25, 0.3) is 0 Å². The summed E-state index contributed by atoms with van der Waals surface area (Å²) in [5, 5.41) is 1.23. The number of rotatable bonds is 2. The zero-order valence-corrected chi connectivity index (χ0v) is 13.6. The molecule has 1 saturated heterocycles. The molecule has 0 aromatic carbocycles. The summed E-state index contributed by atoms with van der Waals surface area (Å²) in [6.07, 6.45) is 5.40. The molecule has 2 aromatic heterocycles. The number of nitrogens with zero attached hydrogens (tertiary/aromatic N) is 3. The Kier molecular flexibility index (Phi) is 3.29. The second-order valence-electron chi connectivity index (χ2n) is 6.32. The van der Waals surface area contributed by atoms with Crippen LogP contribution in [0.3, 0.4) is 0 Å². The van der Waals surface area contributed by atoms with E-state index in [9.17, 15) is 4.79 Å². The van der Waals surface area contributed by atoms with Crippen molar-refractivity contribution >= 4 is 33.3 Å². The molecule has 1 atom stereocenters. The fraction of sp³-hybridized carbons (Fsp3) is 0.562. The van der Waals surface area contributed by atoms with E-state index in [1.54, 1.807) is 0 Å². The minimum Gasteiger partial charge on any atom is -0.369 e. The molecule has 2 aromatic rings. The van der Waals surface area contributed by atoms with Gasteiger partial charge < -0.3 is 10.6 Å². The van der Waals surface area contributed by atoms with Crippen LogP contribution in [0.4, 0.5) is 5.82 Å². The quantitative estimate of drug-likeness (QED) is 0.922. The van der Waals surface area contributed by atoms with Crippen molar-refractivity contribution < 1.29 is 4.79 Å². The van der Waals surface area contributed by atoms with Crippen molar-refractivity contribution in [1.82, 2.24) is 9.97 Å². The molecular formula is C16H20N4OS. The van der Waals surface area contributed by atoms with Crippen LogP contribution in [-0.4, -0.2) is 29.0 Å². The van der Waals surface area contributed by atoms with E-state index in [0.29, 0.717) is 6.54 Å². The molecule has 4 rings (SSSR count). The summed E-state index contributed by atoms with van der Waals surface area (Å²) < 4.78 is 0. The van der Waals surface area contributed by atoms with Gasteiger partial charge in [0.15, 0.2) is 0 Å². The Morgan fingerprint density at radius 1 is 1.32 bits per heavy atom. The minimum absolute atomic E-state index is 0.0641. The monoisotopic (exact) mass is 316 g/mol. The van der Waals surface area contributed by atoms with Gasteiger partial charge in [-0.05, 0) is 44.6 Å². The van der Waals surface area contributed by atoms with Crippen molar-refractivity contribution in [3.63, 3.8) is 0 Å². The number of carbonyl (C=O) groups is 1. The highest BCUT2D eigenvalue weighted by atomic mass is 32.1. The molecule has 1 fully saturated rings. The highest BCUT2D eigenvalue weighted by molar-refractivity contribution is 7.19. The maximum atomic E-state index is 11.6. The van der Waals surface area contributed by atoms with Crippen LogP contribution in [0.2, 0.25) is 0 Å². The summed E-state index contributed by atoms with van der Waals surface area (Å²) in [5.74, 6) is 1.57. The molecule has 1 amide bonds. The lowest BCUT2D eigenvalue weighted by Gasteiger charge is -2.32. The second-order valence-corrected chi connectivity index (χ2v) is 7.40. The van der Waals surface area contributed by atoms with Crippen molar-refractivity contribution in [3.8, 4) is 0 Å². The number of carbonyl (C=O) groups excluding carboxylic acids is 1. The normalized spacial score (nSPS) is 21.3. The Balaban J connectivity index is 1.82. The van der Waals surface area contributed by atoms with Crippen molar-refractivity contribution in [2.45, 2.75) is 39.0 Å². The lowest BCUT2D eigenvalue weighted by atomic mass is 9.97. The molecule has 0 bridgehead atoms. The number of thiophene rings is 1. The maximum Gasteiger partial charge on any atom is 0.222 e. The van der Waals surface area contributed by atoms with E-state index in [1.165, 1.54) is 28.7 Å². The van der Waals surface area contributed by atoms with E-state index in [-0.39, 0.29) is 11.8 Å². The van der Waals surface area contributed by atoms with Crippen LogP contribution in [0.15, 0.2) is 0 Å². The Bertz CT molecular complexity index is 754. The first kappa shape index (κ1) is 13.9. The number of amides is 1. The number of primary amides is 1. The van der Waals surface area contributed by atoms with Crippen LogP contribution in [-0.2, 0) is 17.6 Å². The number of aryl methyl sites for hydroxylation is 3. The molecule has 0 radical (unpaired) electrons. The van der Waals surface area contributed by atoms with Crippen LogP contribution in [0.5, 0.6) is 0 Å². The third-order valence-electron chi connectivity index (χ3n) is 4.78. The van der Waals surface area contributed by atoms with Gasteiger partial charge in [0.2, 0.25) is 5.91 Å². The topological polar surface area (TPSA) is 72.1 Å². The van der Waals surface area contributed by atoms with Crippen LogP contribution in [0.25, 0.3) is 10.2 Å². The number of fused-ring (bicyclic) bond motifs is 3. The third-order valence-corrected chi connectivity index (χ3v) is 5.97. The van der Waals surface area contributed by atoms with Gasteiger partial charge in [-0.15, -0.1) is 11.3 Å². The standard InChI is InChI=1S/C16H20N4OS/c1-9-18-15(20-7-3-4-10(8-20)14(17)21)13-11-5-2-6-12(11)22-16(13)19-9/h10H,2-8H2,1H3,(H2,17,21). The highest BCUT2D eigenvalue weighted by Gasteiger charge is 2.29. The first-order chi connectivity index (χ1) is 10.6. The van der Waals surface area contributed by atoms with Crippen molar-refractivity contribution in [2.75, 3.05) is 18.0 Å². The number of piperidine rings is 1. The van der Waals surface area contributed by atoms with Gasteiger partial charge in [0, 0.05) is 18.0 Å². The Hall–Kier alpha value is -1.69. The highest BCUT2D eigenvalue weighted by Crippen LogP contribution is 2.41. The Morgan fingerprint density at radius 2 is 2.18 bits per heavy atom. The first-order valence-electron chi connectivity index (χ1n) is 7.96. The summed E-state index contributed by atoms with van der Waals surface area (Å²) in [6.45, 7) is 3.58. The molecule has 1 aliphatic heterocycles. The average molecular weight is 316 g/mol. The summed E-state index contributed by atoms with van der Waals surface area (Å²) in [6, 6.07) is 0. The van der Waals surface area contributed by atoms with Gasteiger partial charge in [-0.2, -0.15) is 0 Å². The minimum atomic E-state index is -0.192. The van der Waals surface area contributed by atoms with E-state index >= 15 is 0 Å². The molecular weight excluding hydrogens is 296 g/mol. The summed E-state index contributed by atoms with van der Waals surface area (Å²) >= 11 is 1.82. The molecule has 2 aliphatic rings. The van der Waals surface area contributed by atoms with Gasteiger partial charge in [0.05, 0.1) is 11.3 Å². The molecule has 0 spiro atoms. The lowest BCUT2D eigenvalue weighted by Crippen LogP contribution is -2.41. The van der Waals surface area contributed by atoms with E-state index in [1.807, 2.05) is 18.3 Å². The number of aromatic nitrogens is 2. The molecule has 5 nitrogen and oxygen atoms in total. The molecule has 3 heterocycles. The number of hydrogen-bond acceptors (Lipinski definition) is 5. The molecule has 1 unspecified atom stereocenters. The first-order valence-corrected chi connectivity index (χ1v) is 8.78. The zero-order valence-electron chi connectivity index (χ0n) is 12.8. The van der Waals surface area contributed by atoms with Gasteiger partial charge in [0.1, 0.15) is 16.5 Å². The largest absolute Gasteiger partial charge is 0.369 e. The van der Waals surface area contributed by atoms with Crippen LogP contribution in [0.1, 0.15) is 35.5 Å². The fourth-order valence-corrected chi connectivity index (χ4v) is 5.01. The molecule has 0 saturated carbocycles. The predicted octanol–water partition coefficient (Wildman–Crippen LogP) is 2.19. The van der Waals surface area contributed by atoms with Crippen molar-refractivity contribution in [3.05, 3.63) is 16.3 Å².